The summed E-state index contributed by atoms with van der Waals surface area (Å²) in [6.07, 6.45) is 2.35. The van der Waals surface area contributed by atoms with Crippen LogP contribution in [0.1, 0.15) is 136 Å². The molecule has 0 N–H and O–H groups in total. The Labute approximate surface area is 377 Å². The van der Waals surface area contributed by atoms with E-state index in [1.54, 1.807) is 0 Å². The minimum atomic E-state index is -0.00990. The van der Waals surface area contributed by atoms with Crippen LogP contribution >= 0.6 is 11.3 Å². The Bertz CT molecular complexity index is 2740. The van der Waals surface area contributed by atoms with Crippen LogP contribution in [0.5, 0.6) is 0 Å². The van der Waals surface area contributed by atoms with Gasteiger partial charge in [-0.1, -0.05) is 151 Å². The van der Waals surface area contributed by atoms with E-state index in [4.69, 9.17) is 0 Å². The number of thiophene rings is 1. The molecule has 1 aliphatic carbocycles. The van der Waals surface area contributed by atoms with Gasteiger partial charge in [0.1, 0.15) is 0 Å². The molecule has 62 heavy (non-hydrogen) atoms. The van der Waals surface area contributed by atoms with Gasteiger partial charge in [0.05, 0.1) is 11.4 Å². The molecule has 1 heterocycles. The number of rotatable bonds is 7. The Hall–Kier alpha value is -5.12. The zero-order valence-electron chi connectivity index (χ0n) is 39.9. The summed E-state index contributed by atoms with van der Waals surface area (Å²) in [4.78, 5) is 5.05. The molecule has 0 unspecified atom stereocenters. The second-order valence-corrected chi connectivity index (χ2v) is 23.3. The normalized spacial score (nSPS) is 15.1. The third-order valence-electron chi connectivity index (χ3n) is 13.5. The summed E-state index contributed by atoms with van der Waals surface area (Å²) >= 11 is 1.83. The van der Waals surface area contributed by atoms with Crippen molar-refractivity contribution in [1.82, 2.24) is 0 Å². The SMILES string of the molecule is Cc1cc(N(c2ccc3c(c2)C(C)(C)CCC3(C)C)c2ccc(C(C)(C)C)cc2-c2ccccc2)cc(N(c2ccc(C(C)(C)C)cc2)c2csc3ccc(C(C)(C)C)cc23)c1. The molecule has 0 fully saturated rings. The van der Waals surface area contributed by atoms with Gasteiger partial charge in [0.15, 0.2) is 0 Å². The van der Waals surface area contributed by atoms with E-state index in [0.717, 1.165) is 23.5 Å². The Morgan fingerprint density at radius 3 is 1.61 bits per heavy atom. The Morgan fingerprint density at radius 1 is 0.468 bits per heavy atom. The molecule has 0 radical (unpaired) electrons. The molecule has 0 spiro atoms. The number of hydrogen-bond donors (Lipinski definition) is 0. The van der Waals surface area contributed by atoms with E-state index >= 15 is 0 Å². The van der Waals surface area contributed by atoms with Gasteiger partial charge >= 0.3 is 0 Å². The molecule has 0 saturated heterocycles. The first-order valence-electron chi connectivity index (χ1n) is 22.7. The lowest BCUT2D eigenvalue weighted by Crippen LogP contribution is -2.34. The molecule has 0 bridgehead atoms. The highest BCUT2D eigenvalue weighted by Crippen LogP contribution is 2.51. The van der Waals surface area contributed by atoms with Crippen molar-refractivity contribution in [3.8, 4) is 11.1 Å². The molecular formula is C59H68N2S. The minimum Gasteiger partial charge on any atom is -0.310 e. The summed E-state index contributed by atoms with van der Waals surface area (Å²) in [7, 11) is 0. The fourth-order valence-electron chi connectivity index (χ4n) is 9.38. The number of benzene rings is 6. The van der Waals surface area contributed by atoms with Crippen LogP contribution in [0, 0.1) is 6.92 Å². The van der Waals surface area contributed by atoms with E-state index < -0.39 is 0 Å². The lowest BCUT2D eigenvalue weighted by molar-refractivity contribution is 0.332. The highest BCUT2D eigenvalue weighted by atomic mass is 32.1. The molecule has 6 aromatic carbocycles. The van der Waals surface area contributed by atoms with Gasteiger partial charge in [-0.05, 0) is 153 Å². The third kappa shape index (κ3) is 8.38. The van der Waals surface area contributed by atoms with Crippen LogP contribution in [0.15, 0.2) is 133 Å². The van der Waals surface area contributed by atoms with Gasteiger partial charge in [0, 0.05) is 43.8 Å². The zero-order chi connectivity index (χ0) is 44.6. The van der Waals surface area contributed by atoms with Crippen molar-refractivity contribution in [2.45, 2.75) is 137 Å². The van der Waals surface area contributed by atoms with E-state index in [9.17, 15) is 0 Å². The fourth-order valence-corrected chi connectivity index (χ4v) is 10.3. The van der Waals surface area contributed by atoms with Crippen molar-refractivity contribution in [3.05, 3.63) is 166 Å². The van der Waals surface area contributed by atoms with Crippen LogP contribution in [0.25, 0.3) is 21.2 Å². The summed E-state index contributed by atoms with van der Waals surface area (Å²) in [5, 5.41) is 3.64. The molecular weight excluding hydrogens is 769 g/mol. The second-order valence-electron chi connectivity index (χ2n) is 22.4. The lowest BCUT2D eigenvalue weighted by atomic mass is 9.63. The van der Waals surface area contributed by atoms with E-state index in [1.807, 2.05) is 11.3 Å². The first kappa shape index (κ1) is 43.5. The quantitative estimate of drug-likeness (QED) is 0.158. The van der Waals surface area contributed by atoms with Crippen molar-refractivity contribution in [2.24, 2.45) is 0 Å². The summed E-state index contributed by atoms with van der Waals surface area (Å²) in [5.74, 6) is 0. The molecule has 1 aliphatic rings. The first-order valence-corrected chi connectivity index (χ1v) is 23.6. The molecule has 0 atom stereocenters. The van der Waals surface area contributed by atoms with E-state index in [1.165, 1.54) is 78.1 Å². The minimum absolute atomic E-state index is 0.00990. The fraction of sp³-hybridized carbons (Fsp3) is 0.356. The molecule has 1 aromatic heterocycles. The maximum atomic E-state index is 2.55. The van der Waals surface area contributed by atoms with Crippen molar-refractivity contribution >= 4 is 55.5 Å². The molecule has 320 valence electrons. The van der Waals surface area contributed by atoms with E-state index in [0.29, 0.717) is 0 Å². The van der Waals surface area contributed by atoms with Gasteiger partial charge in [-0.25, -0.2) is 0 Å². The molecule has 2 nitrogen and oxygen atoms in total. The molecule has 0 saturated carbocycles. The number of nitrogens with zero attached hydrogens (tertiary/aromatic N) is 2. The highest BCUT2D eigenvalue weighted by molar-refractivity contribution is 7.17. The number of aryl methyl sites for hydroxylation is 1. The first-order chi connectivity index (χ1) is 29.0. The van der Waals surface area contributed by atoms with Crippen LogP contribution in [-0.4, -0.2) is 0 Å². The van der Waals surface area contributed by atoms with E-state index in [-0.39, 0.29) is 27.1 Å². The summed E-state index contributed by atoms with van der Waals surface area (Å²) < 4.78 is 1.30. The van der Waals surface area contributed by atoms with Crippen molar-refractivity contribution in [1.29, 1.82) is 0 Å². The predicted octanol–water partition coefficient (Wildman–Crippen LogP) is 18.1. The third-order valence-corrected chi connectivity index (χ3v) is 14.4. The topological polar surface area (TPSA) is 6.48 Å². The van der Waals surface area contributed by atoms with Crippen LogP contribution in [0.3, 0.4) is 0 Å². The Morgan fingerprint density at radius 2 is 1.00 bits per heavy atom. The zero-order valence-corrected chi connectivity index (χ0v) is 40.7. The average Bonchev–Trinajstić information content (AvgIpc) is 3.62. The van der Waals surface area contributed by atoms with Crippen LogP contribution < -0.4 is 9.80 Å². The van der Waals surface area contributed by atoms with Crippen LogP contribution in [-0.2, 0) is 27.1 Å². The number of fused-ring (bicyclic) bond motifs is 2. The highest BCUT2D eigenvalue weighted by Gasteiger charge is 2.38. The average molecular weight is 837 g/mol. The van der Waals surface area contributed by atoms with Gasteiger partial charge in [0.2, 0.25) is 0 Å². The van der Waals surface area contributed by atoms with Gasteiger partial charge in [0.25, 0.3) is 0 Å². The van der Waals surface area contributed by atoms with E-state index in [2.05, 4.69) is 240 Å². The largest absolute Gasteiger partial charge is 0.310 e. The van der Waals surface area contributed by atoms with Crippen molar-refractivity contribution in [3.63, 3.8) is 0 Å². The summed E-state index contributed by atoms with van der Waals surface area (Å²) in [6, 6.07) is 49.0. The molecule has 3 heteroatoms. The monoisotopic (exact) mass is 837 g/mol. The van der Waals surface area contributed by atoms with Crippen molar-refractivity contribution in [2.75, 3.05) is 9.80 Å². The molecule has 7 aromatic rings. The maximum Gasteiger partial charge on any atom is 0.0647 e. The van der Waals surface area contributed by atoms with Crippen molar-refractivity contribution < 1.29 is 0 Å². The number of hydrogen-bond acceptors (Lipinski definition) is 3. The Kier molecular flexibility index (Phi) is 10.9. The second kappa shape index (κ2) is 15.6. The number of anilines is 6. The molecule has 0 aliphatic heterocycles. The van der Waals surface area contributed by atoms with Crippen LogP contribution in [0.4, 0.5) is 34.1 Å². The van der Waals surface area contributed by atoms with Crippen LogP contribution in [0.2, 0.25) is 0 Å². The summed E-state index contributed by atoms with van der Waals surface area (Å²) in [5.41, 5.74) is 17.8. The maximum absolute atomic E-state index is 2.55. The van der Waals surface area contributed by atoms with Gasteiger partial charge in [-0.2, -0.15) is 0 Å². The van der Waals surface area contributed by atoms with Gasteiger partial charge in [-0.15, -0.1) is 11.3 Å². The molecule has 8 rings (SSSR count). The predicted molar refractivity (Wildman–Crippen MR) is 273 cm³/mol. The Balaban J connectivity index is 1.41. The summed E-state index contributed by atoms with van der Waals surface area (Å²) in [6.45, 7) is 32.7. The smallest absolute Gasteiger partial charge is 0.0647 e. The molecule has 0 amide bonds. The lowest BCUT2D eigenvalue weighted by Gasteiger charge is -2.42. The standard InChI is InChI=1S/C59H68N2S/c1-39-32-46(60(44-24-20-41(21-25-44)55(2,3)4)53-38-62-54-29-23-43(35-49(53)54)57(8,9)10)36-47(33-39)61(45-26-27-50-51(37-45)59(13,14)31-30-58(50,11)12)52-28-22-42(56(5,6)7)34-48(52)40-18-16-15-17-19-40/h15-29,32-38H,30-31H2,1-14H3. The van der Waals surface area contributed by atoms with Gasteiger partial charge < -0.3 is 9.80 Å². The van der Waals surface area contributed by atoms with Gasteiger partial charge in [-0.3, -0.25) is 0 Å².